The number of benzene rings is 3. The van der Waals surface area contributed by atoms with Gasteiger partial charge in [0.25, 0.3) is 5.91 Å². The molecule has 0 atom stereocenters. The Morgan fingerprint density at radius 2 is 1.32 bits per heavy atom. The molecule has 3 N–H and O–H groups in total. The summed E-state index contributed by atoms with van der Waals surface area (Å²) < 4.78 is 13.5. The van der Waals surface area contributed by atoms with Crippen LogP contribution in [0.3, 0.4) is 0 Å². The zero-order chi connectivity index (χ0) is 23.3. The van der Waals surface area contributed by atoms with Gasteiger partial charge in [0, 0.05) is 64.0 Å². The van der Waals surface area contributed by atoms with Crippen LogP contribution in [0.25, 0.3) is 10.9 Å². The second-order valence-corrected chi connectivity index (χ2v) is 7.61. The van der Waals surface area contributed by atoms with Crippen LogP contribution in [0, 0.1) is 5.82 Å². The van der Waals surface area contributed by atoms with Crippen molar-refractivity contribution in [3.8, 4) is 0 Å². The van der Waals surface area contributed by atoms with Crippen molar-refractivity contribution < 1.29 is 9.18 Å². The fourth-order valence-electron chi connectivity index (χ4n) is 3.53. The molecule has 0 bridgehead atoms. The zero-order valence-electron chi connectivity index (χ0n) is 18.0. The minimum absolute atomic E-state index is 0.203. The highest BCUT2D eigenvalue weighted by atomic mass is 19.1. The first-order valence-corrected chi connectivity index (χ1v) is 10.6. The molecule has 2 aromatic heterocycles. The van der Waals surface area contributed by atoms with Gasteiger partial charge < -0.3 is 16.0 Å². The first-order valence-electron chi connectivity index (χ1n) is 10.6. The van der Waals surface area contributed by atoms with Crippen molar-refractivity contribution >= 4 is 45.2 Å². The maximum atomic E-state index is 13.5. The van der Waals surface area contributed by atoms with Crippen LogP contribution in [0.2, 0.25) is 0 Å². The lowest BCUT2D eigenvalue weighted by Crippen LogP contribution is -2.11. The zero-order valence-corrected chi connectivity index (χ0v) is 18.0. The second-order valence-electron chi connectivity index (χ2n) is 7.61. The number of pyridine rings is 2. The van der Waals surface area contributed by atoms with Crippen molar-refractivity contribution in [3.05, 3.63) is 115 Å². The molecule has 0 radical (unpaired) electrons. The second kappa shape index (κ2) is 9.38. The van der Waals surface area contributed by atoms with E-state index in [1.807, 2.05) is 54.6 Å². The van der Waals surface area contributed by atoms with Crippen LogP contribution in [0.1, 0.15) is 10.4 Å². The normalized spacial score (nSPS) is 10.6. The summed E-state index contributed by atoms with van der Waals surface area (Å²) in [6.45, 7) is 0. The third-order valence-electron chi connectivity index (χ3n) is 5.24. The summed E-state index contributed by atoms with van der Waals surface area (Å²) in [4.78, 5) is 20.9. The van der Waals surface area contributed by atoms with Crippen molar-refractivity contribution in [2.24, 2.45) is 0 Å². The molecule has 0 unspecified atom stereocenters. The minimum atomic E-state index is -0.327. The lowest BCUT2D eigenvalue weighted by molar-refractivity contribution is 0.102. The third kappa shape index (κ3) is 4.83. The molecule has 5 aromatic rings. The number of hydrogen-bond acceptors (Lipinski definition) is 5. The molecule has 0 aliphatic heterocycles. The maximum absolute atomic E-state index is 13.5. The highest BCUT2D eigenvalue weighted by Gasteiger charge is 2.08. The van der Waals surface area contributed by atoms with Gasteiger partial charge in [-0.05, 0) is 78.9 Å². The topological polar surface area (TPSA) is 78.9 Å². The van der Waals surface area contributed by atoms with E-state index in [4.69, 9.17) is 0 Å². The predicted molar refractivity (Wildman–Crippen MR) is 133 cm³/mol. The molecular formula is C27H20FN5O. The van der Waals surface area contributed by atoms with Crippen LogP contribution in [-0.4, -0.2) is 15.9 Å². The van der Waals surface area contributed by atoms with Crippen molar-refractivity contribution in [3.63, 3.8) is 0 Å². The molecule has 34 heavy (non-hydrogen) atoms. The number of anilines is 5. The van der Waals surface area contributed by atoms with Crippen LogP contribution >= 0.6 is 0 Å². The Hall–Kier alpha value is -4.78. The van der Waals surface area contributed by atoms with Crippen LogP contribution in [-0.2, 0) is 0 Å². The number of fused-ring (bicyclic) bond motifs is 1. The number of carbonyl (C=O) groups excluding carboxylic acids is 1. The Balaban J connectivity index is 1.24. The van der Waals surface area contributed by atoms with Gasteiger partial charge in [-0.2, -0.15) is 0 Å². The number of rotatable bonds is 6. The molecule has 166 valence electrons. The summed E-state index contributed by atoms with van der Waals surface area (Å²) in [5, 5.41) is 10.3. The number of amides is 1. The first kappa shape index (κ1) is 21.1. The monoisotopic (exact) mass is 449 g/mol. The Kier molecular flexibility index (Phi) is 5.82. The van der Waals surface area contributed by atoms with E-state index >= 15 is 0 Å². The maximum Gasteiger partial charge on any atom is 0.255 e. The SMILES string of the molecule is O=C(Nc1ccc(Nc2ccncc2)cc1)c1ccc(Nc2ccnc3cc(F)ccc23)cc1. The number of carbonyl (C=O) groups is 1. The van der Waals surface area contributed by atoms with Crippen LogP contribution < -0.4 is 16.0 Å². The minimum Gasteiger partial charge on any atom is -0.355 e. The molecule has 0 aliphatic rings. The average Bonchev–Trinajstić information content (AvgIpc) is 2.86. The summed E-state index contributed by atoms with van der Waals surface area (Å²) in [5.74, 6) is -0.529. The Bertz CT molecular complexity index is 1440. The Morgan fingerprint density at radius 3 is 2.09 bits per heavy atom. The van der Waals surface area contributed by atoms with E-state index in [-0.39, 0.29) is 11.7 Å². The molecular weight excluding hydrogens is 429 g/mol. The van der Waals surface area contributed by atoms with E-state index < -0.39 is 0 Å². The average molecular weight is 449 g/mol. The molecule has 2 heterocycles. The number of halogens is 1. The molecule has 1 amide bonds. The van der Waals surface area contributed by atoms with Crippen LogP contribution in [0.15, 0.2) is 104 Å². The van der Waals surface area contributed by atoms with Gasteiger partial charge >= 0.3 is 0 Å². The molecule has 5 rings (SSSR count). The van der Waals surface area contributed by atoms with Crippen LogP contribution in [0.5, 0.6) is 0 Å². The van der Waals surface area contributed by atoms with E-state index in [1.54, 1.807) is 36.8 Å². The van der Waals surface area contributed by atoms with Crippen molar-refractivity contribution in [2.45, 2.75) is 0 Å². The molecule has 3 aromatic carbocycles. The largest absolute Gasteiger partial charge is 0.355 e. The highest BCUT2D eigenvalue weighted by Crippen LogP contribution is 2.26. The van der Waals surface area contributed by atoms with Gasteiger partial charge in [-0.25, -0.2) is 4.39 Å². The van der Waals surface area contributed by atoms with E-state index in [1.165, 1.54) is 12.1 Å². The molecule has 6 nitrogen and oxygen atoms in total. The van der Waals surface area contributed by atoms with Gasteiger partial charge in [-0.1, -0.05) is 0 Å². The standard InChI is InChI=1S/C27H20FN5O/c28-19-3-10-24-25(13-16-30-26(24)17-19)32-21-4-1-18(2-5-21)27(34)33-22-8-6-20(7-9-22)31-23-11-14-29-15-12-23/h1-17H,(H,29,31)(H,30,32)(H,33,34). The van der Waals surface area contributed by atoms with Gasteiger partial charge in [-0.3, -0.25) is 14.8 Å². The molecule has 0 spiro atoms. The number of hydrogen-bond donors (Lipinski definition) is 3. The van der Waals surface area contributed by atoms with E-state index in [9.17, 15) is 9.18 Å². The van der Waals surface area contributed by atoms with Crippen molar-refractivity contribution in [2.75, 3.05) is 16.0 Å². The Morgan fingerprint density at radius 1 is 0.676 bits per heavy atom. The van der Waals surface area contributed by atoms with E-state index in [0.29, 0.717) is 16.8 Å². The molecule has 0 saturated carbocycles. The van der Waals surface area contributed by atoms with E-state index in [2.05, 4.69) is 25.9 Å². The van der Waals surface area contributed by atoms with Gasteiger partial charge in [0.1, 0.15) is 5.82 Å². The number of aromatic nitrogens is 2. The van der Waals surface area contributed by atoms with Gasteiger partial charge in [-0.15, -0.1) is 0 Å². The Labute approximate surface area is 195 Å². The highest BCUT2D eigenvalue weighted by molar-refractivity contribution is 6.04. The smallest absolute Gasteiger partial charge is 0.255 e. The molecule has 0 fully saturated rings. The fourth-order valence-corrected chi connectivity index (χ4v) is 3.53. The molecule has 0 aliphatic carbocycles. The van der Waals surface area contributed by atoms with Crippen molar-refractivity contribution in [1.82, 2.24) is 9.97 Å². The summed E-state index contributed by atoms with van der Waals surface area (Å²) in [5.41, 5.74) is 5.26. The van der Waals surface area contributed by atoms with E-state index in [0.717, 1.165) is 28.1 Å². The number of nitrogens with zero attached hydrogens (tertiary/aromatic N) is 2. The molecule has 0 saturated heterocycles. The van der Waals surface area contributed by atoms with Crippen LogP contribution in [0.4, 0.5) is 32.8 Å². The summed E-state index contributed by atoms with van der Waals surface area (Å²) in [7, 11) is 0. The fraction of sp³-hybridized carbons (Fsp3) is 0. The quantitative estimate of drug-likeness (QED) is 0.275. The predicted octanol–water partition coefficient (Wildman–Crippen LogP) is 6.51. The summed E-state index contributed by atoms with van der Waals surface area (Å²) in [6.07, 6.45) is 5.07. The summed E-state index contributed by atoms with van der Waals surface area (Å²) in [6, 6.07) is 24.7. The number of nitrogens with one attached hydrogen (secondary N) is 3. The first-order chi connectivity index (χ1) is 16.6. The lowest BCUT2D eigenvalue weighted by atomic mass is 10.1. The van der Waals surface area contributed by atoms with Gasteiger partial charge in [0.2, 0.25) is 0 Å². The van der Waals surface area contributed by atoms with Gasteiger partial charge in [0.05, 0.1) is 5.52 Å². The summed E-state index contributed by atoms with van der Waals surface area (Å²) >= 11 is 0. The third-order valence-corrected chi connectivity index (χ3v) is 5.24. The lowest BCUT2D eigenvalue weighted by Gasteiger charge is -2.11. The molecule has 7 heteroatoms. The van der Waals surface area contributed by atoms with Crippen molar-refractivity contribution in [1.29, 1.82) is 0 Å². The van der Waals surface area contributed by atoms with Gasteiger partial charge in [0.15, 0.2) is 0 Å².